The zero-order valence-corrected chi connectivity index (χ0v) is 17.2. The molecule has 4 aliphatic carbocycles. The Bertz CT molecular complexity index is 784. The topological polar surface area (TPSA) is 65.2 Å². The zero-order chi connectivity index (χ0) is 19.8. The smallest absolute Gasteiger partial charge is 0.261 e. The Kier molecular flexibility index (Phi) is 5.46. The van der Waals surface area contributed by atoms with E-state index in [4.69, 9.17) is 0 Å². The molecule has 152 valence electrons. The lowest BCUT2D eigenvalue weighted by atomic mass is 9.54. The predicted molar refractivity (Wildman–Crippen MR) is 111 cm³/mol. The molecule has 0 unspecified atom stereocenters. The molecule has 0 atom stereocenters. The molecule has 1 heterocycles. The minimum absolute atomic E-state index is 0.209. The van der Waals surface area contributed by atoms with Gasteiger partial charge in [0.2, 0.25) is 0 Å². The monoisotopic (exact) mass is 383 g/mol. The summed E-state index contributed by atoms with van der Waals surface area (Å²) in [6.45, 7) is 10.4. The van der Waals surface area contributed by atoms with Crippen LogP contribution in [0.5, 0.6) is 0 Å². The standard InChI is InChI=1S/C23H33N3O2/c1-4-26(12-14(2)3)13-19-5-6-20(22(27)24-19)23(28)25-21-17-8-15-7-16(10-17)11-18(21)9-15/h5-6,15-18,21H,2,4,7-13H2,1,3H3,(H,24,27)(H,25,28). The summed E-state index contributed by atoms with van der Waals surface area (Å²) in [6, 6.07) is 3.81. The summed E-state index contributed by atoms with van der Waals surface area (Å²) >= 11 is 0. The molecule has 5 rings (SSSR count). The minimum atomic E-state index is -0.287. The molecule has 5 nitrogen and oxygen atoms in total. The van der Waals surface area contributed by atoms with Crippen LogP contribution in [0.25, 0.3) is 0 Å². The van der Waals surface area contributed by atoms with Gasteiger partial charge in [-0.25, -0.2) is 0 Å². The third-order valence-corrected chi connectivity index (χ3v) is 7.07. The van der Waals surface area contributed by atoms with E-state index in [0.29, 0.717) is 18.4 Å². The van der Waals surface area contributed by atoms with Crippen LogP contribution in [0.4, 0.5) is 0 Å². The zero-order valence-electron chi connectivity index (χ0n) is 17.2. The highest BCUT2D eigenvalue weighted by molar-refractivity contribution is 5.94. The first-order valence-corrected chi connectivity index (χ1v) is 10.8. The fourth-order valence-electron chi connectivity index (χ4n) is 6.08. The Balaban J connectivity index is 1.42. The Morgan fingerprint density at radius 3 is 2.36 bits per heavy atom. The molecule has 0 aliphatic heterocycles. The SMILES string of the molecule is C=C(C)CN(CC)Cc1ccc(C(=O)NC2C3CC4CC(C3)CC2C4)c(=O)[nH]1. The van der Waals surface area contributed by atoms with Crippen LogP contribution >= 0.6 is 0 Å². The summed E-state index contributed by atoms with van der Waals surface area (Å²) in [5.74, 6) is 2.76. The van der Waals surface area contributed by atoms with Crippen molar-refractivity contribution >= 4 is 5.91 Å². The number of H-pyrrole nitrogens is 1. The Labute approximate surface area is 167 Å². The molecule has 4 aliphatic rings. The summed E-state index contributed by atoms with van der Waals surface area (Å²) in [5, 5.41) is 3.24. The maximum atomic E-state index is 12.8. The third-order valence-electron chi connectivity index (χ3n) is 7.07. The van der Waals surface area contributed by atoms with E-state index in [-0.39, 0.29) is 23.1 Å². The molecule has 28 heavy (non-hydrogen) atoms. The van der Waals surface area contributed by atoms with Gasteiger partial charge in [-0.1, -0.05) is 19.1 Å². The minimum Gasteiger partial charge on any atom is -0.349 e. The molecule has 4 fully saturated rings. The fraction of sp³-hybridized carbons (Fsp3) is 0.652. The van der Waals surface area contributed by atoms with Gasteiger partial charge in [0.25, 0.3) is 11.5 Å². The van der Waals surface area contributed by atoms with Crippen molar-refractivity contribution in [3.05, 3.63) is 45.9 Å². The molecule has 0 spiro atoms. The van der Waals surface area contributed by atoms with Crippen LogP contribution in [-0.2, 0) is 6.54 Å². The molecule has 0 radical (unpaired) electrons. The van der Waals surface area contributed by atoms with Gasteiger partial charge in [0.05, 0.1) is 0 Å². The van der Waals surface area contributed by atoms with Crippen LogP contribution < -0.4 is 10.9 Å². The van der Waals surface area contributed by atoms with E-state index in [1.165, 1.54) is 32.1 Å². The molecule has 2 N–H and O–H groups in total. The fourth-order valence-corrected chi connectivity index (χ4v) is 6.08. The van der Waals surface area contributed by atoms with Crippen molar-refractivity contribution in [3.8, 4) is 0 Å². The van der Waals surface area contributed by atoms with Crippen LogP contribution in [-0.4, -0.2) is 34.9 Å². The average Bonchev–Trinajstić information content (AvgIpc) is 2.63. The molecule has 4 saturated carbocycles. The van der Waals surface area contributed by atoms with Crippen LogP contribution in [0.1, 0.15) is 62.0 Å². The molecule has 0 aromatic carbocycles. The summed E-state index contributed by atoms with van der Waals surface area (Å²) < 4.78 is 0. The first kappa shape index (κ1) is 19.4. The summed E-state index contributed by atoms with van der Waals surface area (Å²) in [6.07, 6.45) is 6.41. The Morgan fingerprint density at radius 1 is 1.18 bits per heavy atom. The van der Waals surface area contributed by atoms with Gasteiger partial charge in [0, 0.05) is 24.8 Å². The van der Waals surface area contributed by atoms with Gasteiger partial charge in [0.15, 0.2) is 0 Å². The van der Waals surface area contributed by atoms with Crippen LogP contribution in [0.2, 0.25) is 0 Å². The van der Waals surface area contributed by atoms with Crippen molar-refractivity contribution < 1.29 is 4.79 Å². The van der Waals surface area contributed by atoms with Gasteiger partial charge in [0.1, 0.15) is 5.56 Å². The summed E-state index contributed by atoms with van der Waals surface area (Å²) in [7, 11) is 0. The number of amides is 1. The number of nitrogens with one attached hydrogen (secondary N) is 2. The van der Waals surface area contributed by atoms with Gasteiger partial charge < -0.3 is 10.3 Å². The van der Waals surface area contributed by atoms with Crippen molar-refractivity contribution in [2.75, 3.05) is 13.1 Å². The average molecular weight is 384 g/mol. The number of aromatic amines is 1. The number of carbonyl (C=O) groups is 1. The van der Waals surface area contributed by atoms with Crippen molar-refractivity contribution in [3.63, 3.8) is 0 Å². The molecule has 1 aromatic rings. The van der Waals surface area contributed by atoms with Crippen molar-refractivity contribution in [2.45, 2.75) is 58.5 Å². The summed E-state index contributed by atoms with van der Waals surface area (Å²) in [4.78, 5) is 30.5. The van der Waals surface area contributed by atoms with E-state index in [1.54, 1.807) is 6.07 Å². The van der Waals surface area contributed by atoms with Gasteiger partial charge in [-0.3, -0.25) is 14.5 Å². The highest BCUT2D eigenvalue weighted by atomic mass is 16.2. The van der Waals surface area contributed by atoms with E-state index in [9.17, 15) is 9.59 Å². The number of aromatic nitrogens is 1. The lowest BCUT2D eigenvalue weighted by Gasteiger charge is -2.54. The van der Waals surface area contributed by atoms with Crippen molar-refractivity contribution in [1.82, 2.24) is 15.2 Å². The first-order chi connectivity index (χ1) is 13.4. The lowest BCUT2D eigenvalue weighted by Crippen LogP contribution is -2.56. The second-order valence-electron chi connectivity index (χ2n) is 9.42. The Hall–Kier alpha value is -1.88. The van der Waals surface area contributed by atoms with Crippen LogP contribution in [0.3, 0.4) is 0 Å². The number of likely N-dealkylation sites (N-methyl/N-ethyl adjacent to an activating group) is 1. The second-order valence-corrected chi connectivity index (χ2v) is 9.42. The lowest BCUT2D eigenvalue weighted by molar-refractivity contribution is -0.0119. The Morgan fingerprint density at radius 2 is 1.82 bits per heavy atom. The normalized spacial score (nSPS) is 30.6. The maximum Gasteiger partial charge on any atom is 0.261 e. The summed E-state index contributed by atoms with van der Waals surface area (Å²) in [5.41, 5.74) is 1.88. The van der Waals surface area contributed by atoms with E-state index in [0.717, 1.165) is 36.2 Å². The van der Waals surface area contributed by atoms with E-state index in [2.05, 4.69) is 28.7 Å². The van der Waals surface area contributed by atoms with Crippen LogP contribution in [0, 0.1) is 23.7 Å². The molecular formula is C23H33N3O2. The maximum absolute atomic E-state index is 12.8. The van der Waals surface area contributed by atoms with Crippen LogP contribution in [0.15, 0.2) is 29.1 Å². The molecule has 5 heteroatoms. The van der Waals surface area contributed by atoms with Gasteiger partial charge in [-0.05, 0) is 81.4 Å². The quantitative estimate of drug-likeness (QED) is 0.710. The number of rotatable bonds is 7. The number of nitrogens with zero attached hydrogens (tertiary/aromatic N) is 1. The van der Waals surface area contributed by atoms with Gasteiger partial charge in [-0.15, -0.1) is 0 Å². The number of hydrogen-bond acceptors (Lipinski definition) is 3. The highest BCUT2D eigenvalue weighted by Crippen LogP contribution is 2.53. The molecule has 1 aromatic heterocycles. The molecular weight excluding hydrogens is 350 g/mol. The van der Waals surface area contributed by atoms with E-state index in [1.807, 2.05) is 13.0 Å². The first-order valence-electron chi connectivity index (χ1n) is 10.8. The molecule has 4 bridgehead atoms. The number of pyridine rings is 1. The highest BCUT2D eigenvalue weighted by Gasteiger charge is 2.48. The predicted octanol–water partition coefficient (Wildman–Crippen LogP) is 3.33. The van der Waals surface area contributed by atoms with E-state index < -0.39 is 0 Å². The van der Waals surface area contributed by atoms with Crippen molar-refractivity contribution in [2.24, 2.45) is 23.7 Å². The second kappa shape index (κ2) is 7.86. The molecule has 0 saturated heterocycles. The van der Waals surface area contributed by atoms with Gasteiger partial charge >= 0.3 is 0 Å². The number of hydrogen-bond donors (Lipinski definition) is 2. The largest absolute Gasteiger partial charge is 0.349 e. The van der Waals surface area contributed by atoms with Crippen molar-refractivity contribution in [1.29, 1.82) is 0 Å². The number of carbonyl (C=O) groups excluding carboxylic acids is 1. The molecule has 1 amide bonds. The van der Waals surface area contributed by atoms with E-state index >= 15 is 0 Å². The third kappa shape index (κ3) is 3.95. The van der Waals surface area contributed by atoms with Gasteiger partial charge in [-0.2, -0.15) is 0 Å².